The van der Waals surface area contributed by atoms with Crippen molar-refractivity contribution in [1.29, 1.82) is 0 Å². The van der Waals surface area contributed by atoms with Crippen molar-refractivity contribution in [3.05, 3.63) is 24.3 Å². The van der Waals surface area contributed by atoms with E-state index < -0.39 is 36.2 Å². The first-order chi connectivity index (χ1) is 15.9. The molecule has 5 atom stereocenters. The lowest BCUT2D eigenvalue weighted by atomic mass is 9.98. The summed E-state index contributed by atoms with van der Waals surface area (Å²) in [7, 11) is 4.57. The molecule has 4 amide bonds. The number of allylic oxidation sites excluding steroid dienone is 2. The third kappa shape index (κ3) is 8.25. The molecule has 0 aromatic heterocycles. The van der Waals surface area contributed by atoms with Crippen molar-refractivity contribution < 1.29 is 29.0 Å². The van der Waals surface area contributed by atoms with Crippen LogP contribution in [0.25, 0.3) is 0 Å². The molecule has 2 unspecified atom stereocenters. The van der Waals surface area contributed by atoms with Crippen LogP contribution in [0.5, 0.6) is 0 Å². The van der Waals surface area contributed by atoms with E-state index in [0.29, 0.717) is 19.4 Å². The second-order valence-corrected chi connectivity index (χ2v) is 8.94. The fourth-order valence-corrected chi connectivity index (χ4v) is 3.75. The van der Waals surface area contributed by atoms with Crippen molar-refractivity contribution in [3.63, 3.8) is 0 Å². The number of hydrogen-bond donors (Lipinski definition) is 3. The summed E-state index contributed by atoms with van der Waals surface area (Å²) in [5.74, 6) is -1.65. The van der Waals surface area contributed by atoms with Gasteiger partial charge in [0.25, 0.3) is 0 Å². The van der Waals surface area contributed by atoms with Gasteiger partial charge in [0, 0.05) is 33.8 Å². The van der Waals surface area contributed by atoms with Gasteiger partial charge in [-0.15, -0.1) is 0 Å². The summed E-state index contributed by atoms with van der Waals surface area (Å²) in [4.78, 5) is 54.1. The number of aliphatic hydroxyl groups excluding tert-OH is 1. The molecule has 0 aliphatic carbocycles. The Balaban J connectivity index is 3.06. The molecular weight excluding hydrogens is 440 g/mol. The molecule has 0 saturated carbocycles. The molecule has 1 fully saturated rings. The van der Waals surface area contributed by atoms with Crippen molar-refractivity contribution in [2.45, 2.75) is 70.9 Å². The average Bonchev–Trinajstić information content (AvgIpc) is 2.78. The van der Waals surface area contributed by atoms with E-state index in [4.69, 9.17) is 4.74 Å². The maximum absolute atomic E-state index is 13.3. The normalized spacial score (nSPS) is 25.3. The predicted octanol–water partition coefficient (Wildman–Crippen LogP) is 0.219. The Morgan fingerprint density at radius 1 is 1.15 bits per heavy atom. The Morgan fingerprint density at radius 3 is 2.35 bits per heavy atom. The number of rotatable bonds is 7. The zero-order valence-electron chi connectivity index (χ0n) is 21.3. The van der Waals surface area contributed by atoms with Crippen LogP contribution in [-0.2, 0) is 23.9 Å². The van der Waals surface area contributed by atoms with Crippen molar-refractivity contribution >= 4 is 23.6 Å². The molecular formula is C24H40N4O6. The number of amides is 4. The van der Waals surface area contributed by atoms with Gasteiger partial charge < -0.3 is 30.3 Å². The monoisotopic (exact) mass is 480 g/mol. The quantitative estimate of drug-likeness (QED) is 0.353. The van der Waals surface area contributed by atoms with E-state index in [-0.39, 0.29) is 23.6 Å². The van der Waals surface area contributed by atoms with Crippen molar-refractivity contribution in [3.8, 4) is 0 Å². The first-order valence-electron chi connectivity index (χ1n) is 11.6. The van der Waals surface area contributed by atoms with Gasteiger partial charge in [-0.05, 0) is 32.6 Å². The summed E-state index contributed by atoms with van der Waals surface area (Å²) in [6.45, 7) is 7.23. The molecule has 1 aliphatic heterocycles. The van der Waals surface area contributed by atoms with Gasteiger partial charge in [0.1, 0.15) is 24.2 Å². The van der Waals surface area contributed by atoms with Crippen LogP contribution >= 0.6 is 0 Å². The van der Waals surface area contributed by atoms with Crippen LogP contribution in [-0.4, -0.2) is 96.6 Å². The fourth-order valence-electron chi connectivity index (χ4n) is 3.75. The van der Waals surface area contributed by atoms with Crippen LogP contribution in [0.1, 0.15) is 40.5 Å². The van der Waals surface area contributed by atoms with Crippen LogP contribution in [0.3, 0.4) is 0 Å². The molecule has 34 heavy (non-hydrogen) atoms. The molecule has 0 radical (unpaired) electrons. The average molecular weight is 481 g/mol. The van der Waals surface area contributed by atoms with Gasteiger partial charge in [-0.3, -0.25) is 19.2 Å². The minimum Gasteiger partial charge on any atom is -0.390 e. The molecule has 1 heterocycles. The minimum atomic E-state index is -0.858. The predicted molar refractivity (Wildman–Crippen MR) is 129 cm³/mol. The standard InChI is InChI=1S/C24H40N4O6/c1-15(2)21-24(33)27(5)16(3)22(31)25-14-10-11-18(23(32)28(21)6)26-20(30)13-9-8-12-19(34-7)17(4)29/h8-9,12-13,15-19,21,29H,10-11,14H2,1-7H3,(H,25,31)(H,26,30)/b12-8+,13-9+/t16-,17?,18-,19?,21-/m0/s1. The third-order valence-corrected chi connectivity index (χ3v) is 5.95. The maximum atomic E-state index is 13.3. The molecule has 3 N–H and O–H groups in total. The highest BCUT2D eigenvalue weighted by molar-refractivity contribution is 5.96. The lowest BCUT2D eigenvalue weighted by Gasteiger charge is -2.37. The number of carbonyl (C=O) groups excluding carboxylic acids is 4. The largest absolute Gasteiger partial charge is 0.390 e. The SMILES string of the molecule is COC(/C=C/C=C/C(=O)N[C@H]1CCCNC(=O)[C@H](C)N(C)C(=O)[C@H](C(C)C)N(C)C1=O)C(C)O. The molecule has 1 saturated heterocycles. The summed E-state index contributed by atoms with van der Waals surface area (Å²) >= 11 is 0. The second-order valence-electron chi connectivity index (χ2n) is 8.94. The van der Waals surface area contributed by atoms with Gasteiger partial charge in [0.2, 0.25) is 23.6 Å². The van der Waals surface area contributed by atoms with Crippen molar-refractivity contribution in [1.82, 2.24) is 20.4 Å². The number of nitrogens with one attached hydrogen (secondary N) is 2. The zero-order valence-corrected chi connectivity index (χ0v) is 21.3. The number of ether oxygens (including phenoxy) is 1. The number of carbonyl (C=O) groups is 4. The number of aliphatic hydroxyl groups is 1. The maximum Gasteiger partial charge on any atom is 0.246 e. The summed E-state index contributed by atoms with van der Waals surface area (Å²) in [5, 5.41) is 15.1. The first kappa shape index (κ1) is 29.3. The third-order valence-electron chi connectivity index (χ3n) is 5.95. The fraction of sp³-hybridized carbons (Fsp3) is 0.667. The van der Waals surface area contributed by atoms with Crippen molar-refractivity contribution in [2.24, 2.45) is 5.92 Å². The Morgan fingerprint density at radius 2 is 1.79 bits per heavy atom. The minimum absolute atomic E-state index is 0.203. The van der Waals surface area contributed by atoms with E-state index in [9.17, 15) is 24.3 Å². The lowest BCUT2D eigenvalue weighted by molar-refractivity contribution is -0.150. The molecule has 10 heteroatoms. The van der Waals surface area contributed by atoms with Crippen LogP contribution in [0.15, 0.2) is 24.3 Å². The summed E-state index contributed by atoms with van der Waals surface area (Å²) < 4.78 is 5.11. The van der Waals surface area contributed by atoms with Gasteiger partial charge in [0.05, 0.1) is 6.10 Å². The molecule has 0 spiro atoms. The molecule has 0 aromatic rings. The summed E-state index contributed by atoms with van der Waals surface area (Å²) in [6.07, 6.45) is 5.53. The second kappa shape index (κ2) is 13.9. The van der Waals surface area contributed by atoms with Crippen LogP contribution in [0.4, 0.5) is 0 Å². The molecule has 0 aromatic carbocycles. The Hall–Kier alpha value is -2.72. The smallest absolute Gasteiger partial charge is 0.246 e. The topological polar surface area (TPSA) is 128 Å². The number of hydrogen-bond acceptors (Lipinski definition) is 6. The van der Waals surface area contributed by atoms with E-state index in [1.807, 2.05) is 13.8 Å². The van der Waals surface area contributed by atoms with Gasteiger partial charge >= 0.3 is 0 Å². The lowest BCUT2D eigenvalue weighted by Crippen LogP contribution is -2.59. The summed E-state index contributed by atoms with van der Waals surface area (Å²) in [5.41, 5.74) is 0. The highest BCUT2D eigenvalue weighted by Crippen LogP contribution is 2.17. The Bertz CT molecular complexity index is 779. The van der Waals surface area contributed by atoms with Gasteiger partial charge in [-0.25, -0.2) is 0 Å². The molecule has 10 nitrogen and oxygen atoms in total. The van der Waals surface area contributed by atoms with E-state index in [0.717, 1.165) is 0 Å². The van der Waals surface area contributed by atoms with Crippen LogP contribution in [0.2, 0.25) is 0 Å². The van der Waals surface area contributed by atoms with Crippen LogP contribution < -0.4 is 10.6 Å². The van der Waals surface area contributed by atoms with Crippen molar-refractivity contribution in [2.75, 3.05) is 27.7 Å². The van der Waals surface area contributed by atoms with Gasteiger partial charge in [0.15, 0.2) is 0 Å². The Labute approximate surface area is 202 Å². The first-order valence-corrected chi connectivity index (χ1v) is 11.6. The van der Waals surface area contributed by atoms with E-state index in [2.05, 4.69) is 10.6 Å². The number of likely N-dealkylation sites (N-methyl/N-ethyl adjacent to an activating group) is 2. The van der Waals surface area contributed by atoms with E-state index in [1.165, 1.54) is 29.1 Å². The number of methoxy groups -OCH3 is 1. The summed E-state index contributed by atoms with van der Waals surface area (Å²) in [6, 6.07) is -2.31. The molecule has 1 aliphatic rings. The molecule has 1 rings (SSSR count). The highest BCUT2D eigenvalue weighted by atomic mass is 16.5. The molecule has 192 valence electrons. The van der Waals surface area contributed by atoms with Crippen LogP contribution in [0, 0.1) is 5.92 Å². The zero-order chi connectivity index (χ0) is 26.0. The molecule has 0 bridgehead atoms. The van der Waals surface area contributed by atoms with Gasteiger partial charge in [-0.2, -0.15) is 0 Å². The number of nitrogens with zero attached hydrogens (tertiary/aromatic N) is 2. The Kier molecular flexibility index (Phi) is 11.9. The van der Waals surface area contributed by atoms with E-state index >= 15 is 0 Å². The highest BCUT2D eigenvalue weighted by Gasteiger charge is 2.37. The van der Waals surface area contributed by atoms with E-state index in [1.54, 1.807) is 40.1 Å². The van der Waals surface area contributed by atoms with Gasteiger partial charge in [-0.1, -0.05) is 32.1 Å².